The Hall–Kier alpha value is -5.39. The van der Waals surface area contributed by atoms with Crippen LogP contribution in [0.3, 0.4) is 0 Å². The minimum Gasteiger partial charge on any atom is -0.490 e. The Bertz CT molecular complexity index is 2510. The molecule has 324 valence electrons. The Morgan fingerprint density at radius 3 is 2.44 bits per heavy atom. The molecule has 1 saturated carbocycles. The van der Waals surface area contributed by atoms with Crippen molar-refractivity contribution in [2.45, 2.75) is 56.1 Å². The summed E-state index contributed by atoms with van der Waals surface area (Å²) in [7, 11) is 3.75. The zero-order valence-electron chi connectivity index (χ0n) is 34.8. The number of aryl methyl sites for hydroxylation is 3. The lowest BCUT2D eigenvalue weighted by Gasteiger charge is -2.46. The van der Waals surface area contributed by atoms with Crippen LogP contribution >= 0.6 is 11.6 Å². The van der Waals surface area contributed by atoms with Gasteiger partial charge in [-0.1, -0.05) is 23.7 Å². The number of methoxy groups -OCH3 is 3. The zero-order chi connectivity index (χ0) is 43.1. The topological polar surface area (TPSA) is 178 Å². The van der Waals surface area contributed by atoms with Crippen molar-refractivity contribution in [3.8, 4) is 17.5 Å². The molecule has 2 bridgehead atoms. The predicted octanol–water partition coefficient (Wildman–Crippen LogP) is 5.48. The number of hydrogen-bond acceptors (Lipinski definition) is 12. The third kappa shape index (κ3) is 8.60. The standard InChI is InChI=1S/C43H50ClN7O9S/c1-49-22-32(40(45-49)57-4)39(53)48-61(55)18-16-30(60-42(54)33-23-50(2)46-41(33)58-5)11-15-36(56-3)31-12-8-28(31)21-51-24-43(17-6-7-26-19-29(44)10-13-34(26)43)25-59-37-14-9-27(20-35(37)51)38(52)47-61/h9-11,13-15,19-20,22-23,28,30-31,36H,6-8,12,16-18,21,24-25H2,1-5H3,(H,47,48,52,53,55)/b15-11+/t28-,30-,31+,36-,43-,61?/m0/s1. The number of rotatable bonds is 7. The highest BCUT2D eigenvalue weighted by molar-refractivity contribution is 7.92. The van der Waals surface area contributed by atoms with E-state index in [4.69, 9.17) is 35.3 Å². The van der Waals surface area contributed by atoms with Gasteiger partial charge in [-0.05, 0) is 91.5 Å². The number of hydrogen-bond donors (Lipinski definition) is 1. The molecule has 16 nitrogen and oxygen atoms in total. The SMILES string of the molecule is COc1nn(C)cc1C(=O)NS1(=O)=NC(=O)c2ccc3c(c2)N(C[C@@H]2CC[C@H]2[C@@H](OC)/C=C/[C@H](OC(=O)c2cn(C)nc2OC)CC1)C[C@@]1(CCCc2cc(Cl)ccc21)CO3. The maximum Gasteiger partial charge on any atom is 0.345 e. The Kier molecular flexibility index (Phi) is 11.9. The molecule has 2 amide bonds. The lowest BCUT2D eigenvalue weighted by Crippen LogP contribution is -2.49. The normalized spacial score (nSPS) is 26.7. The number of carbonyl (C=O) groups is 3. The lowest BCUT2D eigenvalue weighted by atomic mass is 9.68. The number of aromatic nitrogens is 4. The first-order valence-electron chi connectivity index (χ1n) is 20.3. The van der Waals surface area contributed by atoms with Gasteiger partial charge in [0.15, 0.2) is 0 Å². The number of nitrogens with zero attached hydrogens (tertiary/aromatic N) is 6. The van der Waals surface area contributed by atoms with E-state index in [1.165, 1.54) is 47.1 Å². The van der Waals surface area contributed by atoms with Gasteiger partial charge in [-0.25, -0.2) is 9.00 Å². The van der Waals surface area contributed by atoms with E-state index < -0.39 is 33.8 Å². The molecule has 0 saturated heterocycles. The first-order chi connectivity index (χ1) is 29.3. The summed E-state index contributed by atoms with van der Waals surface area (Å²) in [6.45, 7) is 1.70. The van der Waals surface area contributed by atoms with Crippen molar-refractivity contribution in [2.24, 2.45) is 30.3 Å². The summed E-state index contributed by atoms with van der Waals surface area (Å²) < 4.78 is 54.0. The summed E-state index contributed by atoms with van der Waals surface area (Å²) in [6, 6.07) is 11.2. The largest absolute Gasteiger partial charge is 0.490 e. The second kappa shape index (κ2) is 17.2. The first kappa shape index (κ1) is 42.3. The van der Waals surface area contributed by atoms with E-state index in [-0.39, 0.29) is 64.0 Å². The van der Waals surface area contributed by atoms with Crippen molar-refractivity contribution in [3.63, 3.8) is 0 Å². The molecule has 4 aromatic rings. The van der Waals surface area contributed by atoms with Crippen LogP contribution in [-0.2, 0) is 45.3 Å². The molecule has 2 aliphatic carbocycles. The van der Waals surface area contributed by atoms with Crippen LogP contribution < -0.4 is 23.8 Å². The lowest BCUT2D eigenvalue weighted by molar-refractivity contribution is 0.0118. The van der Waals surface area contributed by atoms with Gasteiger partial charge >= 0.3 is 5.97 Å². The number of ether oxygens (including phenoxy) is 5. The summed E-state index contributed by atoms with van der Waals surface area (Å²) in [5.41, 5.74) is 3.04. The van der Waals surface area contributed by atoms with Crippen molar-refractivity contribution in [1.29, 1.82) is 0 Å². The fourth-order valence-electron chi connectivity index (χ4n) is 9.12. The van der Waals surface area contributed by atoms with E-state index in [2.05, 4.69) is 36.3 Å². The average Bonchev–Trinajstić information content (AvgIpc) is 3.78. The summed E-state index contributed by atoms with van der Waals surface area (Å²) in [4.78, 5) is 44.1. The van der Waals surface area contributed by atoms with Crippen molar-refractivity contribution in [1.82, 2.24) is 24.3 Å². The van der Waals surface area contributed by atoms with Crippen molar-refractivity contribution < 1.29 is 42.3 Å². The molecular formula is C43H50ClN7O9S. The number of benzene rings is 2. The Balaban J connectivity index is 1.21. The third-order valence-electron chi connectivity index (χ3n) is 12.3. The van der Waals surface area contributed by atoms with Crippen LogP contribution in [0.4, 0.5) is 5.69 Å². The molecule has 18 heteroatoms. The van der Waals surface area contributed by atoms with E-state index in [0.717, 1.165) is 37.8 Å². The van der Waals surface area contributed by atoms with Gasteiger partial charge in [-0.3, -0.25) is 23.7 Å². The minimum atomic E-state index is -3.92. The summed E-state index contributed by atoms with van der Waals surface area (Å²) >= 11 is 6.49. The summed E-state index contributed by atoms with van der Waals surface area (Å²) in [6.07, 6.45) is 9.69. The molecular weight excluding hydrogens is 826 g/mol. The van der Waals surface area contributed by atoms with Gasteiger partial charge in [0.05, 0.1) is 38.4 Å². The average molecular weight is 876 g/mol. The molecule has 2 aromatic carbocycles. The highest BCUT2D eigenvalue weighted by Crippen LogP contribution is 2.47. The Morgan fingerprint density at radius 1 is 0.967 bits per heavy atom. The predicted molar refractivity (Wildman–Crippen MR) is 227 cm³/mol. The molecule has 1 spiro atoms. The number of nitrogens with one attached hydrogen (secondary N) is 1. The molecule has 2 aliphatic heterocycles. The number of halogens is 1. The van der Waals surface area contributed by atoms with Gasteiger partial charge < -0.3 is 28.6 Å². The van der Waals surface area contributed by atoms with Crippen LogP contribution in [0.25, 0.3) is 0 Å². The molecule has 2 aromatic heterocycles. The zero-order valence-corrected chi connectivity index (χ0v) is 36.4. The van der Waals surface area contributed by atoms with Crippen LogP contribution in [-0.4, -0.2) is 101 Å². The quantitative estimate of drug-likeness (QED) is 0.183. The second-order valence-corrected chi connectivity index (χ2v) is 18.7. The van der Waals surface area contributed by atoms with E-state index in [1.54, 1.807) is 45.5 Å². The van der Waals surface area contributed by atoms with Gasteiger partial charge in [0.25, 0.3) is 11.8 Å². The van der Waals surface area contributed by atoms with Gasteiger partial charge in [0.2, 0.25) is 11.8 Å². The monoisotopic (exact) mass is 875 g/mol. The molecule has 8 rings (SSSR count). The smallest absolute Gasteiger partial charge is 0.345 e. The molecule has 4 heterocycles. The van der Waals surface area contributed by atoms with E-state index >= 15 is 0 Å². The van der Waals surface area contributed by atoms with Gasteiger partial charge in [0, 0.05) is 69.1 Å². The molecule has 0 radical (unpaired) electrons. The molecule has 1 N–H and O–H groups in total. The number of carbonyl (C=O) groups excluding carboxylic acids is 3. The van der Waals surface area contributed by atoms with Gasteiger partial charge in [0.1, 0.15) is 32.9 Å². The van der Waals surface area contributed by atoms with Crippen LogP contribution in [0.1, 0.15) is 74.3 Å². The maximum atomic E-state index is 15.0. The van der Waals surface area contributed by atoms with Crippen LogP contribution in [0.15, 0.2) is 65.3 Å². The summed E-state index contributed by atoms with van der Waals surface area (Å²) in [5, 5.41) is 9.02. The number of anilines is 1. The summed E-state index contributed by atoms with van der Waals surface area (Å²) in [5.74, 6) is -1.71. The molecule has 1 unspecified atom stereocenters. The van der Waals surface area contributed by atoms with E-state index in [1.807, 2.05) is 12.1 Å². The molecule has 6 atom stereocenters. The van der Waals surface area contributed by atoms with Crippen LogP contribution in [0.2, 0.25) is 5.02 Å². The maximum absolute atomic E-state index is 15.0. The van der Waals surface area contributed by atoms with Crippen molar-refractivity contribution in [3.05, 3.63) is 93.8 Å². The van der Waals surface area contributed by atoms with Crippen LogP contribution in [0, 0.1) is 11.8 Å². The Labute approximate surface area is 359 Å². The van der Waals surface area contributed by atoms with Crippen molar-refractivity contribution >= 4 is 45.0 Å². The minimum absolute atomic E-state index is 0.00472. The molecule has 1 fully saturated rings. The van der Waals surface area contributed by atoms with E-state index in [0.29, 0.717) is 30.5 Å². The van der Waals surface area contributed by atoms with Gasteiger partial charge in [-0.15, -0.1) is 14.6 Å². The molecule has 4 aliphatic rings. The molecule has 61 heavy (non-hydrogen) atoms. The number of fused-ring (bicyclic) bond motifs is 4. The number of amides is 2. The highest BCUT2D eigenvalue weighted by atomic mass is 35.5. The fourth-order valence-corrected chi connectivity index (χ4v) is 10.9. The van der Waals surface area contributed by atoms with Gasteiger partial charge in [-0.2, -0.15) is 0 Å². The Morgan fingerprint density at radius 2 is 1.72 bits per heavy atom. The second-order valence-electron chi connectivity index (χ2n) is 16.2. The van der Waals surface area contributed by atoms with Crippen LogP contribution in [0.5, 0.6) is 17.5 Å². The third-order valence-corrected chi connectivity index (χ3v) is 14.3. The fraction of sp³-hybridized carbons (Fsp3) is 0.465. The first-order valence-corrected chi connectivity index (χ1v) is 22.4. The number of esters is 1. The van der Waals surface area contributed by atoms with Crippen molar-refractivity contribution in [2.75, 3.05) is 51.7 Å². The van der Waals surface area contributed by atoms with E-state index in [9.17, 15) is 18.6 Å². The highest BCUT2D eigenvalue weighted by Gasteiger charge is 2.44.